The zero-order chi connectivity index (χ0) is 13.4. The highest BCUT2D eigenvalue weighted by molar-refractivity contribution is 5.92. The van der Waals surface area contributed by atoms with E-state index in [2.05, 4.69) is 29.2 Å². The van der Waals surface area contributed by atoms with Gasteiger partial charge in [-0.15, -0.1) is 0 Å². The van der Waals surface area contributed by atoms with Crippen molar-refractivity contribution in [2.75, 3.05) is 13.1 Å². The van der Waals surface area contributed by atoms with E-state index in [1.165, 1.54) is 0 Å². The van der Waals surface area contributed by atoms with E-state index >= 15 is 0 Å². The molecule has 5 nitrogen and oxygen atoms in total. The molecule has 1 aliphatic carbocycles. The van der Waals surface area contributed by atoms with Gasteiger partial charge in [-0.25, -0.2) is 0 Å². The van der Waals surface area contributed by atoms with Crippen LogP contribution in [0.2, 0.25) is 0 Å². The molecule has 0 spiro atoms. The molecule has 1 aromatic rings. The number of nitrogens with zero attached hydrogens (tertiary/aromatic N) is 2. The lowest BCUT2D eigenvalue weighted by atomic mass is 10.2. The number of aromatic nitrogens is 1. The number of amides is 1. The Morgan fingerprint density at radius 2 is 2.26 bits per heavy atom. The van der Waals surface area contributed by atoms with Gasteiger partial charge >= 0.3 is 0 Å². The average molecular weight is 263 g/mol. The first kappa shape index (κ1) is 12.7. The van der Waals surface area contributed by atoms with Gasteiger partial charge < -0.3 is 9.84 Å². The maximum atomic E-state index is 12.1. The normalized spacial score (nSPS) is 24.1. The quantitative estimate of drug-likeness (QED) is 0.899. The van der Waals surface area contributed by atoms with Crippen LogP contribution in [-0.4, -0.2) is 41.1 Å². The first-order valence-electron chi connectivity index (χ1n) is 7.15. The minimum Gasteiger partial charge on any atom is -0.360 e. The van der Waals surface area contributed by atoms with Crippen molar-refractivity contribution in [1.29, 1.82) is 0 Å². The van der Waals surface area contributed by atoms with Crippen LogP contribution in [0.1, 0.15) is 55.3 Å². The van der Waals surface area contributed by atoms with E-state index in [0.29, 0.717) is 17.7 Å². The first-order chi connectivity index (χ1) is 9.13. The van der Waals surface area contributed by atoms with Crippen LogP contribution in [0, 0.1) is 0 Å². The molecule has 104 valence electrons. The molecule has 3 rings (SSSR count). The number of nitrogens with one attached hydrogen (secondary N) is 1. The van der Waals surface area contributed by atoms with E-state index in [4.69, 9.17) is 4.52 Å². The van der Waals surface area contributed by atoms with Gasteiger partial charge in [0.1, 0.15) is 5.76 Å². The second-order valence-electron chi connectivity index (χ2n) is 5.94. The van der Waals surface area contributed by atoms with Gasteiger partial charge in [-0.1, -0.05) is 5.16 Å². The van der Waals surface area contributed by atoms with E-state index in [1.54, 1.807) is 6.07 Å². The molecule has 1 aromatic heterocycles. The van der Waals surface area contributed by atoms with Gasteiger partial charge in [0, 0.05) is 37.2 Å². The monoisotopic (exact) mass is 263 g/mol. The Hall–Kier alpha value is -1.36. The van der Waals surface area contributed by atoms with Crippen molar-refractivity contribution < 1.29 is 9.32 Å². The summed E-state index contributed by atoms with van der Waals surface area (Å²) in [6.45, 7) is 6.35. The van der Waals surface area contributed by atoms with E-state index < -0.39 is 0 Å². The van der Waals surface area contributed by atoms with E-state index in [1.807, 2.05) is 0 Å². The third kappa shape index (κ3) is 2.81. The van der Waals surface area contributed by atoms with Crippen LogP contribution >= 0.6 is 0 Å². The fourth-order valence-electron chi connectivity index (χ4n) is 2.59. The molecular weight excluding hydrogens is 242 g/mol. The molecule has 5 heteroatoms. The summed E-state index contributed by atoms with van der Waals surface area (Å²) in [5.41, 5.74) is 0.421. The number of hydrogen-bond donors (Lipinski definition) is 1. The lowest BCUT2D eigenvalue weighted by Gasteiger charge is -2.20. The van der Waals surface area contributed by atoms with Crippen molar-refractivity contribution in [3.63, 3.8) is 0 Å². The van der Waals surface area contributed by atoms with Crippen molar-refractivity contribution >= 4 is 5.91 Å². The fourth-order valence-corrected chi connectivity index (χ4v) is 2.59. The van der Waals surface area contributed by atoms with Crippen molar-refractivity contribution in [2.24, 2.45) is 0 Å². The highest BCUT2D eigenvalue weighted by Crippen LogP contribution is 2.40. The minimum absolute atomic E-state index is 0.105. The molecule has 2 heterocycles. The van der Waals surface area contributed by atoms with Gasteiger partial charge in [0.05, 0.1) is 0 Å². The summed E-state index contributed by atoms with van der Waals surface area (Å²) >= 11 is 0. The van der Waals surface area contributed by atoms with E-state index in [9.17, 15) is 4.79 Å². The lowest BCUT2D eigenvalue weighted by Crippen LogP contribution is -2.38. The van der Waals surface area contributed by atoms with Crippen LogP contribution in [0.4, 0.5) is 0 Å². The maximum absolute atomic E-state index is 12.1. The molecule has 1 N–H and O–H groups in total. The number of hydrogen-bond acceptors (Lipinski definition) is 4. The first-order valence-corrected chi connectivity index (χ1v) is 7.15. The van der Waals surface area contributed by atoms with Crippen LogP contribution in [-0.2, 0) is 0 Å². The molecule has 0 aromatic carbocycles. The molecule has 19 heavy (non-hydrogen) atoms. The predicted octanol–water partition coefficient (Wildman–Crippen LogP) is 1.76. The van der Waals surface area contributed by atoms with Crippen LogP contribution < -0.4 is 5.32 Å². The van der Waals surface area contributed by atoms with Gasteiger partial charge in [-0.05, 0) is 33.1 Å². The second-order valence-corrected chi connectivity index (χ2v) is 5.94. The molecule has 1 aliphatic heterocycles. The van der Waals surface area contributed by atoms with Crippen LogP contribution in [0.25, 0.3) is 0 Å². The van der Waals surface area contributed by atoms with Gasteiger partial charge in [-0.3, -0.25) is 9.69 Å². The van der Waals surface area contributed by atoms with Crippen molar-refractivity contribution in [1.82, 2.24) is 15.4 Å². The standard InChI is InChI=1S/C14H21N3O2/c1-9(2)17-6-5-11(8-17)15-14(18)12-7-13(19-16-12)10-3-4-10/h7,9-11H,3-6,8H2,1-2H3,(H,15,18)/t11-/m0/s1. The van der Waals surface area contributed by atoms with Crippen LogP contribution in [0.5, 0.6) is 0 Å². The summed E-state index contributed by atoms with van der Waals surface area (Å²) in [5, 5.41) is 6.92. The van der Waals surface area contributed by atoms with Crippen LogP contribution in [0.15, 0.2) is 10.6 Å². The van der Waals surface area contributed by atoms with Crippen molar-refractivity contribution in [3.8, 4) is 0 Å². The number of rotatable bonds is 4. The molecule has 0 unspecified atom stereocenters. The van der Waals surface area contributed by atoms with Gasteiger partial charge in [0.25, 0.3) is 5.91 Å². The highest BCUT2D eigenvalue weighted by Gasteiger charge is 2.30. The summed E-state index contributed by atoms with van der Waals surface area (Å²) in [4.78, 5) is 14.5. The van der Waals surface area contributed by atoms with E-state index in [-0.39, 0.29) is 11.9 Å². The molecule has 2 fully saturated rings. The number of carbonyl (C=O) groups excluding carboxylic acids is 1. The Labute approximate surface area is 113 Å². The summed E-state index contributed by atoms with van der Waals surface area (Å²) in [6, 6.07) is 2.56. The molecule has 1 saturated carbocycles. The Balaban J connectivity index is 1.55. The summed E-state index contributed by atoms with van der Waals surface area (Å²) in [7, 11) is 0. The third-order valence-electron chi connectivity index (χ3n) is 4.03. The van der Waals surface area contributed by atoms with Crippen molar-refractivity contribution in [2.45, 2.75) is 51.1 Å². The minimum atomic E-state index is -0.105. The number of likely N-dealkylation sites (tertiary alicyclic amines) is 1. The molecule has 1 saturated heterocycles. The maximum Gasteiger partial charge on any atom is 0.273 e. The largest absolute Gasteiger partial charge is 0.360 e. The lowest BCUT2D eigenvalue weighted by molar-refractivity contribution is 0.0927. The summed E-state index contributed by atoms with van der Waals surface area (Å²) < 4.78 is 5.21. The van der Waals surface area contributed by atoms with Gasteiger partial charge in [-0.2, -0.15) is 0 Å². The Kier molecular flexibility index (Phi) is 3.31. The Morgan fingerprint density at radius 3 is 2.89 bits per heavy atom. The summed E-state index contributed by atoms with van der Waals surface area (Å²) in [5.74, 6) is 1.25. The Morgan fingerprint density at radius 1 is 1.47 bits per heavy atom. The zero-order valence-corrected chi connectivity index (χ0v) is 11.6. The van der Waals surface area contributed by atoms with Crippen molar-refractivity contribution in [3.05, 3.63) is 17.5 Å². The fraction of sp³-hybridized carbons (Fsp3) is 0.714. The molecule has 1 amide bonds. The predicted molar refractivity (Wildman–Crippen MR) is 71.1 cm³/mol. The van der Waals surface area contributed by atoms with E-state index in [0.717, 1.165) is 38.1 Å². The third-order valence-corrected chi connectivity index (χ3v) is 4.03. The molecule has 2 aliphatic rings. The molecule has 1 atom stereocenters. The van der Waals surface area contributed by atoms with Gasteiger partial charge in [0.2, 0.25) is 0 Å². The molecule has 0 bridgehead atoms. The van der Waals surface area contributed by atoms with Crippen LogP contribution in [0.3, 0.4) is 0 Å². The second kappa shape index (κ2) is 4.96. The summed E-state index contributed by atoms with van der Waals surface area (Å²) in [6.07, 6.45) is 3.32. The topological polar surface area (TPSA) is 58.4 Å². The number of carbonyl (C=O) groups is 1. The smallest absolute Gasteiger partial charge is 0.273 e. The Bertz CT molecular complexity index is 465. The molecular formula is C14H21N3O2. The van der Waals surface area contributed by atoms with Gasteiger partial charge in [0.15, 0.2) is 5.69 Å². The molecule has 0 radical (unpaired) electrons. The SMILES string of the molecule is CC(C)N1CC[C@H](NC(=O)c2cc(C3CC3)on2)C1. The average Bonchev–Trinajstić information content (AvgIpc) is 2.92. The zero-order valence-electron chi connectivity index (χ0n) is 11.6. The highest BCUT2D eigenvalue weighted by atomic mass is 16.5.